The third kappa shape index (κ3) is 4.64. The van der Waals surface area contributed by atoms with Gasteiger partial charge in [0.25, 0.3) is 0 Å². The van der Waals surface area contributed by atoms with Gasteiger partial charge in [0.2, 0.25) is 0 Å². The van der Waals surface area contributed by atoms with E-state index in [0.29, 0.717) is 17.8 Å². The minimum atomic E-state index is -0.423. The molecule has 1 aromatic heterocycles. The van der Waals surface area contributed by atoms with E-state index in [1.165, 1.54) is 5.56 Å². The highest BCUT2D eigenvalue weighted by Gasteiger charge is 2.21. The number of imidazole rings is 1. The van der Waals surface area contributed by atoms with E-state index < -0.39 is 5.97 Å². The van der Waals surface area contributed by atoms with Crippen LogP contribution in [0.2, 0.25) is 0 Å². The molecule has 0 aliphatic rings. The van der Waals surface area contributed by atoms with Gasteiger partial charge in [-0.3, -0.25) is 4.57 Å². The second-order valence-electron chi connectivity index (χ2n) is 7.38. The lowest BCUT2D eigenvalue weighted by atomic mass is 10.0. The quantitative estimate of drug-likeness (QED) is 0.289. The molecule has 4 nitrogen and oxygen atoms in total. The first-order valence-corrected chi connectivity index (χ1v) is 10.2. The van der Waals surface area contributed by atoms with E-state index in [0.717, 1.165) is 22.6 Å². The van der Waals surface area contributed by atoms with Crippen molar-refractivity contribution in [2.75, 3.05) is 0 Å². The Morgan fingerprint density at radius 2 is 1.48 bits per heavy atom. The molecule has 0 atom stereocenters. The molecule has 3 aromatic carbocycles. The molecule has 4 rings (SSSR count). The van der Waals surface area contributed by atoms with Crippen LogP contribution in [0.25, 0.3) is 16.9 Å². The Morgan fingerprint density at radius 1 is 0.903 bits per heavy atom. The summed E-state index contributed by atoms with van der Waals surface area (Å²) >= 11 is 0. The van der Waals surface area contributed by atoms with Gasteiger partial charge in [0.15, 0.2) is 5.82 Å². The molecule has 1 heterocycles. The van der Waals surface area contributed by atoms with Crippen molar-refractivity contribution in [2.24, 2.45) is 0 Å². The van der Waals surface area contributed by atoms with Gasteiger partial charge < -0.3 is 4.74 Å². The summed E-state index contributed by atoms with van der Waals surface area (Å²) in [7, 11) is 0. The van der Waals surface area contributed by atoms with Crippen molar-refractivity contribution >= 4 is 5.97 Å². The Hall–Kier alpha value is -3.92. The summed E-state index contributed by atoms with van der Waals surface area (Å²) in [6, 6.07) is 30.5. The number of carbonyl (C=O) groups is 1. The second-order valence-corrected chi connectivity index (χ2v) is 7.38. The van der Waals surface area contributed by atoms with Crippen molar-refractivity contribution in [3.63, 3.8) is 0 Å². The molecule has 4 aromatic rings. The summed E-state index contributed by atoms with van der Waals surface area (Å²) in [5, 5.41) is 0. The maximum Gasteiger partial charge on any atom is 0.333 e. The van der Waals surface area contributed by atoms with Crippen molar-refractivity contribution in [3.05, 3.63) is 120 Å². The molecule has 0 unspecified atom stereocenters. The number of esters is 1. The fourth-order valence-corrected chi connectivity index (χ4v) is 3.53. The minimum absolute atomic E-state index is 0.0647. The summed E-state index contributed by atoms with van der Waals surface area (Å²) in [4.78, 5) is 17.0. The zero-order chi connectivity index (χ0) is 21.6. The third-order valence-corrected chi connectivity index (χ3v) is 4.98. The molecular weight excluding hydrogens is 384 g/mol. The van der Waals surface area contributed by atoms with Crippen LogP contribution in [-0.4, -0.2) is 15.5 Å². The molecule has 0 spiro atoms. The van der Waals surface area contributed by atoms with Gasteiger partial charge in [-0.15, -0.1) is 0 Å². The molecule has 0 fully saturated rings. The topological polar surface area (TPSA) is 44.1 Å². The maximum atomic E-state index is 12.1. The largest absolute Gasteiger partial charge is 0.454 e. The third-order valence-electron chi connectivity index (χ3n) is 4.98. The van der Waals surface area contributed by atoms with Crippen molar-refractivity contribution in [1.29, 1.82) is 0 Å². The summed E-state index contributed by atoms with van der Waals surface area (Å²) in [6.45, 7) is 5.38. The SMILES string of the molecule is C=C(C)C(=O)OCc1nc(Cc2ccccc2)c(-c2ccccc2)n1-c1ccccc1. The van der Waals surface area contributed by atoms with Gasteiger partial charge in [0, 0.05) is 23.2 Å². The standard InChI is InChI=1S/C27H24N2O2/c1-20(2)27(30)31-19-25-28-24(18-21-12-6-3-7-13-21)26(22-14-8-4-9-15-22)29(25)23-16-10-5-11-17-23/h3-17H,1,18-19H2,2H3. The van der Waals surface area contributed by atoms with Gasteiger partial charge in [0.1, 0.15) is 6.61 Å². The van der Waals surface area contributed by atoms with E-state index in [4.69, 9.17) is 9.72 Å². The molecule has 0 aliphatic carbocycles. The van der Waals surface area contributed by atoms with Gasteiger partial charge in [-0.05, 0) is 24.6 Å². The molecule has 0 N–H and O–H groups in total. The van der Waals surface area contributed by atoms with E-state index in [1.807, 2.05) is 66.7 Å². The average molecular weight is 409 g/mol. The minimum Gasteiger partial charge on any atom is -0.454 e. The Kier molecular flexibility index (Phi) is 6.08. The van der Waals surface area contributed by atoms with Crippen molar-refractivity contribution in [3.8, 4) is 16.9 Å². The van der Waals surface area contributed by atoms with Crippen molar-refractivity contribution < 1.29 is 9.53 Å². The van der Waals surface area contributed by atoms with Crippen molar-refractivity contribution in [2.45, 2.75) is 20.0 Å². The normalized spacial score (nSPS) is 10.6. The maximum absolute atomic E-state index is 12.1. The highest BCUT2D eigenvalue weighted by atomic mass is 16.5. The summed E-state index contributed by atoms with van der Waals surface area (Å²) in [5.74, 6) is 0.249. The highest BCUT2D eigenvalue weighted by molar-refractivity contribution is 5.86. The molecule has 31 heavy (non-hydrogen) atoms. The number of para-hydroxylation sites is 1. The fourth-order valence-electron chi connectivity index (χ4n) is 3.53. The molecule has 0 radical (unpaired) electrons. The number of carbonyl (C=O) groups excluding carboxylic acids is 1. The van der Waals surface area contributed by atoms with Gasteiger partial charge in [0.05, 0.1) is 11.4 Å². The van der Waals surface area contributed by atoms with Gasteiger partial charge >= 0.3 is 5.97 Å². The van der Waals surface area contributed by atoms with Crippen LogP contribution in [0, 0.1) is 0 Å². The van der Waals surface area contributed by atoms with Gasteiger partial charge in [-0.1, -0.05) is 85.4 Å². The summed E-state index contributed by atoms with van der Waals surface area (Å²) in [6.07, 6.45) is 0.673. The Labute approximate surface area is 182 Å². The lowest BCUT2D eigenvalue weighted by Gasteiger charge is -2.13. The smallest absolute Gasteiger partial charge is 0.333 e. The lowest BCUT2D eigenvalue weighted by molar-refractivity contribution is -0.140. The van der Waals surface area contributed by atoms with Gasteiger partial charge in [-0.25, -0.2) is 9.78 Å². The zero-order valence-electron chi connectivity index (χ0n) is 17.5. The van der Waals surface area contributed by atoms with Crippen molar-refractivity contribution in [1.82, 2.24) is 9.55 Å². The Morgan fingerprint density at radius 3 is 2.10 bits per heavy atom. The van der Waals surface area contributed by atoms with Crippen LogP contribution < -0.4 is 0 Å². The van der Waals surface area contributed by atoms with E-state index in [1.54, 1.807) is 6.92 Å². The van der Waals surface area contributed by atoms with Crippen LogP contribution in [0.3, 0.4) is 0 Å². The fraction of sp³-hybridized carbons (Fsp3) is 0.111. The summed E-state index contributed by atoms with van der Waals surface area (Å²) < 4.78 is 7.57. The number of ether oxygens (including phenoxy) is 1. The first-order chi connectivity index (χ1) is 15.1. The number of aromatic nitrogens is 2. The molecular formula is C27H24N2O2. The van der Waals surface area contributed by atoms with E-state index in [9.17, 15) is 4.79 Å². The van der Waals surface area contributed by atoms with E-state index in [-0.39, 0.29) is 6.61 Å². The molecule has 154 valence electrons. The lowest BCUT2D eigenvalue weighted by Crippen LogP contribution is -2.09. The van der Waals surface area contributed by atoms with E-state index in [2.05, 4.69) is 35.4 Å². The molecule has 0 aliphatic heterocycles. The predicted molar refractivity (Wildman–Crippen MR) is 123 cm³/mol. The predicted octanol–water partition coefficient (Wildman–Crippen LogP) is 5.75. The first kappa shape index (κ1) is 20.4. The zero-order valence-corrected chi connectivity index (χ0v) is 17.5. The molecule has 0 saturated heterocycles. The number of rotatable bonds is 7. The van der Waals surface area contributed by atoms with Crippen LogP contribution in [0.1, 0.15) is 24.0 Å². The van der Waals surface area contributed by atoms with Gasteiger partial charge in [-0.2, -0.15) is 0 Å². The number of nitrogens with zero attached hydrogens (tertiary/aromatic N) is 2. The molecule has 0 amide bonds. The second kappa shape index (κ2) is 9.26. The van der Waals surface area contributed by atoms with Crippen LogP contribution in [0.5, 0.6) is 0 Å². The number of hydrogen-bond acceptors (Lipinski definition) is 3. The van der Waals surface area contributed by atoms with Crippen LogP contribution in [0.15, 0.2) is 103 Å². The number of hydrogen-bond donors (Lipinski definition) is 0. The van der Waals surface area contributed by atoms with Crippen LogP contribution in [0.4, 0.5) is 0 Å². The summed E-state index contributed by atoms with van der Waals surface area (Å²) in [5.41, 5.74) is 5.49. The first-order valence-electron chi connectivity index (χ1n) is 10.2. The van der Waals surface area contributed by atoms with Crippen LogP contribution >= 0.6 is 0 Å². The molecule has 0 bridgehead atoms. The average Bonchev–Trinajstić information content (AvgIpc) is 3.17. The monoisotopic (exact) mass is 408 g/mol. The molecule has 4 heteroatoms. The molecule has 0 saturated carbocycles. The number of benzene rings is 3. The highest BCUT2D eigenvalue weighted by Crippen LogP contribution is 2.30. The Balaban J connectivity index is 1.87. The Bertz CT molecular complexity index is 1180. The van der Waals surface area contributed by atoms with E-state index >= 15 is 0 Å². The van der Waals surface area contributed by atoms with Crippen LogP contribution in [-0.2, 0) is 22.6 Å².